The zero-order valence-corrected chi connectivity index (χ0v) is 9.70. The van der Waals surface area contributed by atoms with Crippen molar-refractivity contribution >= 4 is 6.08 Å². The van der Waals surface area contributed by atoms with Gasteiger partial charge in [-0.2, -0.15) is 0 Å². The molecule has 0 aliphatic rings. The van der Waals surface area contributed by atoms with E-state index in [0.717, 1.165) is 17.7 Å². The second-order valence-corrected chi connectivity index (χ2v) is 3.85. The molecule has 0 N–H and O–H groups in total. The smallest absolute Gasteiger partial charge is 0.120 e. The Bertz CT molecular complexity index is 304. The van der Waals surface area contributed by atoms with Gasteiger partial charge in [-0.1, -0.05) is 44.6 Å². The van der Waals surface area contributed by atoms with Crippen molar-refractivity contribution < 1.29 is 4.74 Å². The standard InChI is InChI=1S/C14H20O/c1-4-6-8-12(3)15-14-10-7-9-13(5-2)11-14/h5,7,9-12H,2,4,6,8H2,1,3H3. The molecule has 1 unspecified atom stereocenters. The van der Waals surface area contributed by atoms with Crippen LogP contribution in [0.3, 0.4) is 0 Å². The molecule has 0 spiro atoms. The highest BCUT2D eigenvalue weighted by atomic mass is 16.5. The van der Waals surface area contributed by atoms with Crippen LogP contribution in [-0.4, -0.2) is 6.10 Å². The van der Waals surface area contributed by atoms with Crippen LogP contribution in [0.5, 0.6) is 5.75 Å². The van der Waals surface area contributed by atoms with Gasteiger partial charge in [-0.25, -0.2) is 0 Å². The minimum absolute atomic E-state index is 0.296. The van der Waals surface area contributed by atoms with Crippen LogP contribution in [0.25, 0.3) is 6.08 Å². The molecule has 15 heavy (non-hydrogen) atoms. The van der Waals surface area contributed by atoms with Gasteiger partial charge in [0.25, 0.3) is 0 Å². The van der Waals surface area contributed by atoms with E-state index >= 15 is 0 Å². The maximum atomic E-state index is 5.81. The molecule has 1 rings (SSSR count). The van der Waals surface area contributed by atoms with E-state index in [9.17, 15) is 0 Å². The summed E-state index contributed by atoms with van der Waals surface area (Å²) in [6.45, 7) is 8.07. The van der Waals surface area contributed by atoms with Crippen LogP contribution in [0, 0.1) is 0 Å². The number of rotatable bonds is 6. The molecular formula is C14H20O. The van der Waals surface area contributed by atoms with Gasteiger partial charge in [-0.3, -0.25) is 0 Å². The average molecular weight is 204 g/mol. The van der Waals surface area contributed by atoms with Gasteiger partial charge in [0.2, 0.25) is 0 Å². The van der Waals surface area contributed by atoms with E-state index in [2.05, 4.69) is 20.4 Å². The molecule has 0 aliphatic heterocycles. The van der Waals surface area contributed by atoms with Crippen molar-refractivity contribution in [2.45, 2.75) is 39.2 Å². The van der Waals surface area contributed by atoms with E-state index in [-0.39, 0.29) is 0 Å². The predicted molar refractivity (Wildman–Crippen MR) is 66.1 cm³/mol. The minimum Gasteiger partial charge on any atom is -0.491 e. The van der Waals surface area contributed by atoms with Gasteiger partial charge in [-0.15, -0.1) is 0 Å². The molecule has 1 aromatic rings. The van der Waals surface area contributed by atoms with E-state index in [4.69, 9.17) is 4.74 Å². The molecule has 1 aromatic carbocycles. The van der Waals surface area contributed by atoms with Gasteiger partial charge in [0.1, 0.15) is 5.75 Å². The van der Waals surface area contributed by atoms with Gasteiger partial charge in [-0.05, 0) is 31.0 Å². The van der Waals surface area contributed by atoms with Gasteiger partial charge >= 0.3 is 0 Å². The second kappa shape index (κ2) is 6.28. The summed E-state index contributed by atoms with van der Waals surface area (Å²) in [4.78, 5) is 0. The average Bonchev–Trinajstić information content (AvgIpc) is 2.26. The lowest BCUT2D eigenvalue weighted by Gasteiger charge is -2.14. The quantitative estimate of drug-likeness (QED) is 0.671. The zero-order valence-electron chi connectivity index (χ0n) is 9.70. The Balaban J connectivity index is 2.52. The number of benzene rings is 1. The highest BCUT2D eigenvalue weighted by Gasteiger charge is 2.02. The van der Waals surface area contributed by atoms with Crippen molar-refractivity contribution in [3.05, 3.63) is 36.4 Å². The largest absolute Gasteiger partial charge is 0.491 e. The topological polar surface area (TPSA) is 9.23 Å². The first kappa shape index (κ1) is 11.8. The summed E-state index contributed by atoms with van der Waals surface area (Å²) in [6, 6.07) is 8.04. The van der Waals surface area contributed by atoms with Crippen molar-refractivity contribution in [1.29, 1.82) is 0 Å². The Morgan fingerprint density at radius 3 is 2.93 bits per heavy atom. The summed E-state index contributed by atoms with van der Waals surface area (Å²) in [5.74, 6) is 0.941. The Morgan fingerprint density at radius 2 is 2.27 bits per heavy atom. The van der Waals surface area contributed by atoms with Crippen LogP contribution in [-0.2, 0) is 0 Å². The summed E-state index contributed by atoms with van der Waals surface area (Å²) in [5, 5.41) is 0. The van der Waals surface area contributed by atoms with E-state index in [1.165, 1.54) is 12.8 Å². The fourth-order valence-corrected chi connectivity index (χ4v) is 1.50. The third kappa shape index (κ3) is 4.20. The first-order chi connectivity index (χ1) is 7.26. The fourth-order valence-electron chi connectivity index (χ4n) is 1.50. The van der Waals surface area contributed by atoms with E-state index in [0.29, 0.717) is 6.10 Å². The fraction of sp³-hybridized carbons (Fsp3) is 0.429. The van der Waals surface area contributed by atoms with Gasteiger partial charge in [0, 0.05) is 0 Å². The number of hydrogen-bond donors (Lipinski definition) is 0. The maximum Gasteiger partial charge on any atom is 0.120 e. The molecule has 0 amide bonds. The Morgan fingerprint density at radius 1 is 1.47 bits per heavy atom. The molecule has 0 aromatic heterocycles. The lowest BCUT2D eigenvalue weighted by Crippen LogP contribution is -2.11. The van der Waals surface area contributed by atoms with Crippen LogP contribution in [0.15, 0.2) is 30.8 Å². The predicted octanol–water partition coefficient (Wildman–Crippen LogP) is 4.29. The number of unbranched alkanes of at least 4 members (excludes halogenated alkanes) is 1. The first-order valence-corrected chi connectivity index (χ1v) is 5.65. The van der Waals surface area contributed by atoms with Crippen LogP contribution < -0.4 is 4.74 Å². The van der Waals surface area contributed by atoms with Crippen molar-refractivity contribution in [2.24, 2.45) is 0 Å². The van der Waals surface area contributed by atoms with E-state index in [1.807, 2.05) is 30.3 Å². The number of ether oxygens (including phenoxy) is 1. The van der Waals surface area contributed by atoms with Crippen LogP contribution in [0.2, 0.25) is 0 Å². The monoisotopic (exact) mass is 204 g/mol. The van der Waals surface area contributed by atoms with Crippen molar-refractivity contribution in [3.8, 4) is 5.75 Å². The minimum atomic E-state index is 0.296. The van der Waals surface area contributed by atoms with Crippen molar-refractivity contribution in [1.82, 2.24) is 0 Å². The highest BCUT2D eigenvalue weighted by molar-refractivity contribution is 5.49. The molecule has 1 atom stereocenters. The van der Waals surface area contributed by atoms with Gasteiger partial charge in [0.15, 0.2) is 0 Å². The Labute approximate surface area is 92.8 Å². The third-order valence-electron chi connectivity index (χ3n) is 2.40. The van der Waals surface area contributed by atoms with Crippen LogP contribution >= 0.6 is 0 Å². The third-order valence-corrected chi connectivity index (χ3v) is 2.40. The van der Waals surface area contributed by atoms with E-state index in [1.54, 1.807) is 0 Å². The SMILES string of the molecule is C=Cc1cccc(OC(C)CCCC)c1. The maximum absolute atomic E-state index is 5.81. The molecule has 0 saturated carbocycles. The first-order valence-electron chi connectivity index (χ1n) is 5.65. The molecule has 0 bridgehead atoms. The normalized spacial score (nSPS) is 12.1. The van der Waals surface area contributed by atoms with E-state index < -0.39 is 0 Å². The lowest BCUT2D eigenvalue weighted by molar-refractivity contribution is 0.207. The summed E-state index contributed by atoms with van der Waals surface area (Å²) >= 11 is 0. The molecular weight excluding hydrogens is 184 g/mol. The molecule has 0 saturated heterocycles. The van der Waals surface area contributed by atoms with Crippen LogP contribution in [0.4, 0.5) is 0 Å². The summed E-state index contributed by atoms with van der Waals surface area (Å²) in [5.41, 5.74) is 1.11. The van der Waals surface area contributed by atoms with Gasteiger partial charge < -0.3 is 4.74 Å². The molecule has 0 radical (unpaired) electrons. The summed E-state index contributed by atoms with van der Waals surface area (Å²) < 4.78 is 5.81. The lowest BCUT2D eigenvalue weighted by atomic mass is 10.2. The molecule has 1 heteroatoms. The number of hydrogen-bond acceptors (Lipinski definition) is 1. The van der Waals surface area contributed by atoms with Crippen molar-refractivity contribution in [3.63, 3.8) is 0 Å². The molecule has 1 nitrogen and oxygen atoms in total. The Hall–Kier alpha value is -1.24. The zero-order chi connectivity index (χ0) is 11.1. The molecule has 0 fully saturated rings. The highest BCUT2D eigenvalue weighted by Crippen LogP contribution is 2.17. The molecule has 82 valence electrons. The molecule has 0 heterocycles. The molecule has 0 aliphatic carbocycles. The Kier molecular flexibility index (Phi) is 4.96. The second-order valence-electron chi connectivity index (χ2n) is 3.85. The summed E-state index contributed by atoms with van der Waals surface area (Å²) in [6.07, 6.45) is 5.70. The van der Waals surface area contributed by atoms with Crippen molar-refractivity contribution in [2.75, 3.05) is 0 Å². The van der Waals surface area contributed by atoms with Crippen LogP contribution in [0.1, 0.15) is 38.7 Å². The van der Waals surface area contributed by atoms with Gasteiger partial charge in [0.05, 0.1) is 6.10 Å². The summed E-state index contributed by atoms with van der Waals surface area (Å²) in [7, 11) is 0.